The van der Waals surface area contributed by atoms with E-state index in [0.717, 1.165) is 18.4 Å². The Morgan fingerprint density at radius 1 is 1.20 bits per heavy atom. The lowest BCUT2D eigenvalue weighted by Gasteiger charge is -2.10. The zero-order chi connectivity index (χ0) is 11.5. The SMILES string of the molecule is CN(C)Cc1ccc(NS(C)(=O)=O)cc1. The molecule has 5 heteroatoms. The van der Waals surface area contributed by atoms with Crippen LogP contribution in [-0.2, 0) is 16.6 Å². The van der Waals surface area contributed by atoms with E-state index in [1.807, 2.05) is 26.2 Å². The van der Waals surface area contributed by atoms with Gasteiger partial charge < -0.3 is 4.90 Å². The first-order valence-electron chi connectivity index (χ1n) is 4.58. The molecule has 84 valence electrons. The van der Waals surface area contributed by atoms with Crippen LogP contribution in [0.25, 0.3) is 0 Å². The van der Waals surface area contributed by atoms with E-state index in [-0.39, 0.29) is 0 Å². The lowest BCUT2D eigenvalue weighted by Crippen LogP contribution is -2.11. The third-order valence-electron chi connectivity index (χ3n) is 1.76. The summed E-state index contributed by atoms with van der Waals surface area (Å²) in [6, 6.07) is 7.35. The molecule has 0 aliphatic rings. The fourth-order valence-corrected chi connectivity index (χ4v) is 1.82. The first-order chi connectivity index (χ1) is 6.87. The predicted molar refractivity (Wildman–Crippen MR) is 62.3 cm³/mol. The van der Waals surface area contributed by atoms with Crippen LogP contribution < -0.4 is 4.72 Å². The molecule has 0 bridgehead atoms. The number of sulfonamides is 1. The van der Waals surface area contributed by atoms with Crippen molar-refractivity contribution in [1.82, 2.24) is 4.90 Å². The van der Waals surface area contributed by atoms with Crippen molar-refractivity contribution >= 4 is 15.7 Å². The first-order valence-corrected chi connectivity index (χ1v) is 6.47. The molecule has 0 aliphatic heterocycles. The highest BCUT2D eigenvalue weighted by Gasteiger charge is 2.01. The van der Waals surface area contributed by atoms with Gasteiger partial charge in [0.2, 0.25) is 10.0 Å². The van der Waals surface area contributed by atoms with Crippen molar-refractivity contribution in [2.75, 3.05) is 25.1 Å². The van der Waals surface area contributed by atoms with E-state index in [0.29, 0.717) is 5.69 Å². The number of rotatable bonds is 4. The molecule has 0 aromatic heterocycles. The van der Waals surface area contributed by atoms with Crippen LogP contribution in [0.1, 0.15) is 5.56 Å². The van der Waals surface area contributed by atoms with Gasteiger partial charge in [-0.3, -0.25) is 4.72 Å². The van der Waals surface area contributed by atoms with Crippen molar-refractivity contribution < 1.29 is 8.42 Å². The molecule has 0 saturated heterocycles. The van der Waals surface area contributed by atoms with E-state index in [1.54, 1.807) is 12.1 Å². The van der Waals surface area contributed by atoms with Crippen molar-refractivity contribution in [2.24, 2.45) is 0 Å². The maximum absolute atomic E-state index is 10.9. The molecular formula is C10H16N2O2S. The molecule has 0 unspecified atom stereocenters. The van der Waals surface area contributed by atoms with Crippen LogP contribution in [0.5, 0.6) is 0 Å². The van der Waals surface area contributed by atoms with Gasteiger partial charge in [-0.05, 0) is 31.8 Å². The van der Waals surface area contributed by atoms with Crippen LogP contribution in [0.3, 0.4) is 0 Å². The zero-order valence-corrected chi connectivity index (χ0v) is 10.0. The Balaban J connectivity index is 2.73. The average molecular weight is 228 g/mol. The third-order valence-corrected chi connectivity index (χ3v) is 2.36. The number of benzene rings is 1. The molecule has 0 heterocycles. The van der Waals surface area contributed by atoms with E-state index >= 15 is 0 Å². The lowest BCUT2D eigenvalue weighted by atomic mass is 10.2. The van der Waals surface area contributed by atoms with E-state index in [4.69, 9.17) is 0 Å². The Bertz CT molecular complexity index is 410. The van der Waals surface area contributed by atoms with Crippen molar-refractivity contribution in [3.8, 4) is 0 Å². The molecule has 1 N–H and O–H groups in total. The Kier molecular flexibility index (Phi) is 3.71. The molecule has 0 radical (unpaired) electrons. The van der Waals surface area contributed by atoms with Crippen LogP contribution >= 0.6 is 0 Å². The average Bonchev–Trinajstić information content (AvgIpc) is 2.05. The third kappa shape index (κ3) is 4.80. The Hall–Kier alpha value is -1.07. The van der Waals surface area contributed by atoms with E-state index in [2.05, 4.69) is 9.62 Å². The molecule has 4 nitrogen and oxygen atoms in total. The molecular weight excluding hydrogens is 212 g/mol. The van der Waals surface area contributed by atoms with Gasteiger partial charge in [-0.2, -0.15) is 0 Å². The monoisotopic (exact) mass is 228 g/mol. The highest BCUT2D eigenvalue weighted by atomic mass is 32.2. The van der Waals surface area contributed by atoms with Crippen molar-refractivity contribution in [3.63, 3.8) is 0 Å². The number of anilines is 1. The quantitative estimate of drug-likeness (QED) is 0.840. The van der Waals surface area contributed by atoms with Crippen molar-refractivity contribution in [3.05, 3.63) is 29.8 Å². The van der Waals surface area contributed by atoms with Crippen LogP contribution in [0, 0.1) is 0 Å². The number of nitrogens with one attached hydrogen (secondary N) is 1. The van der Waals surface area contributed by atoms with Gasteiger partial charge in [0, 0.05) is 12.2 Å². The second-order valence-electron chi connectivity index (χ2n) is 3.81. The number of hydrogen-bond donors (Lipinski definition) is 1. The van der Waals surface area contributed by atoms with E-state index in [1.165, 1.54) is 0 Å². The Labute approximate surface area is 91.0 Å². The lowest BCUT2D eigenvalue weighted by molar-refractivity contribution is 0.402. The highest BCUT2D eigenvalue weighted by Crippen LogP contribution is 2.11. The molecule has 15 heavy (non-hydrogen) atoms. The van der Waals surface area contributed by atoms with Gasteiger partial charge in [0.05, 0.1) is 6.26 Å². The van der Waals surface area contributed by atoms with Crippen LogP contribution in [0.15, 0.2) is 24.3 Å². The highest BCUT2D eigenvalue weighted by molar-refractivity contribution is 7.92. The molecule has 1 aromatic rings. The summed E-state index contributed by atoms with van der Waals surface area (Å²) in [5.41, 5.74) is 1.75. The standard InChI is InChI=1S/C10H16N2O2S/c1-12(2)8-9-4-6-10(7-5-9)11-15(3,13)14/h4-7,11H,8H2,1-3H3. The molecule has 0 atom stereocenters. The molecule has 0 aliphatic carbocycles. The van der Waals surface area contributed by atoms with Gasteiger partial charge in [0.1, 0.15) is 0 Å². The molecule has 0 spiro atoms. The molecule has 0 fully saturated rings. The van der Waals surface area contributed by atoms with Gasteiger partial charge in [0.15, 0.2) is 0 Å². The summed E-state index contributed by atoms with van der Waals surface area (Å²) in [7, 11) is 0.804. The fourth-order valence-electron chi connectivity index (χ4n) is 1.26. The largest absolute Gasteiger partial charge is 0.305 e. The number of nitrogens with zero attached hydrogens (tertiary/aromatic N) is 1. The van der Waals surface area contributed by atoms with E-state index in [9.17, 15) is 8.42 Å². The van der Waals surface area contributed by atoms with Gasteiger partial charge >= 0.3 is 0 Å². The van der Waals surface area contributed by atoms with Crippen LogP contribution in [0.4, 0.5) is 5.69 Å². The minimum absolute atomic E-state index is 0.597. The summed E-state index contributed by atoms with van der Waals surface area (Å²) in [6.45, 7) is 0.846. The summed E-state index contributed by atoms with van der Waals surface area (Å²) < 4.78 is 24.3. The zero-order valence-electron chi connectivity index (χ0n) is 9.19. The maximum Gasteiger partial charge on any atom is 0.229 e. The predicted octanol–water partition coefficient (Wildman–Crippen LogP) is 1.12. The minimum atomic E-state index is -3.17. The first kappa shape index (κ1) is 12.0. The maximum atomic E-state index is 10.9. The Morgan fingerprint density at radius 3 is 2.13 bits per heavy atom. The van der Waals surface area contributed by atoms with Crippen molar-refractivity contribution in [2.45, 2.75) is 6.54 Å². The number of hydrogen-bond acceptors (Lipinski definition) is 3. The molecule has 0 amide bonds. The fraction of sp³-hybridized carbons (Fsp3) is 0.400. The molecule has 1 aromatic carbocycles. The van der Waals surface area contributed by atoms with Crippen LogP contribution in [-0.4, -0.2) is 33.7 Å². The summed E-state index contributed by atoms with van der Waals surface area (Å²) in [5.74, 6) is 0. The normalized spacial score (nSPS) is 11.7. The van der Waals surface area contributed by atoms with E-state index < -0.39 is 10.0 Å². The smallest absolute Gasteiger partial charge is 0.229 e. The summed E-state index contributed by atoms with van der Waals surface area (Å²) in [5, 5.41) is 0. The second-order valence-corrected chi connectivity index (χ2v) is 5.56. The Morgan fingerprint density at radius 2 is 1.73 bits per heavy atom. The van der Waals surface area contributed by atoms with Crippen LogP contribution in [0.2, 0.25) is 0 Å². The van der Waals surface area contributed by atoms with Gasteiger partial charge in [0.25, 0.3) is 0 Å². The molecule has 1 rings (SSSR count). The summed E-state index contributed by atoms with van der Waals surface area (Å²) >= 11 is 0. The summed E-state index contributed by atoms with van der Waals surface area (Å²) in [4.78, 5) is 2.05. The molecule has 0 saturated carbocycles. The van der Waals surface area contributed by atoms with Gasteiger partial charge in [-0.15, -0.1) is 0 Å². The van der Waals surface area contributed by atoms with Gasteiger partial charge in [-0.25, -0.2) is 8.42 Å². The summed E-state index contributed by atoms with van der Waals surface area (Å²) in [6.07, 6.45) is 1.14. The van der Waals surface area contributed by atoms with Gasteiger partial charge in [-0.1, -0.05) is 12.1 Å². The van der Waals surface area contributed by atoms with Crippen molar-refractivity contribution in [1.29, 1.82) is 0 Å². The minimum Gasteiger partial charge on any atom is -0.305 e. The topological polar surface area (TPSA) is 49.4 Å². The second kappa shape index (κ2) is 4.63.